The van der Waals surface area contributed by atoms with Crippen LogP contribution in [0.15, 0.2) is 24.3 Å². The Balaban J connectivity index is 2.63. The van der Waals surface area contributed by atoms with Crippen LogP contribution in [-0.2, 0) is 11.3 Å². The lowest BCUT2D eigenvalue weighted by molar-refractivity contribution is -0.138. The lowest BCUT2D eigenvalue weighted by Gasteiger charge is -2.26. The SMILES string of the molecule is CCN(Cc1ccc(OC(F)F)cc1)C(C)CC(=O)O. The van der Waals surface area contributed by atoms with Gasteiger partial charge in [-0.1, -0.05) is 19.1 Å². The first kappa shape index (κ1) is 16.4. The van der Waals surface area contributed by atoms with Crippen molar-refractivity contribution in [1.29, 1.82) is 0 Å². The highest BCUT2D eigenvalue weighted by atomic mass is 19.3. The van der Waals surface area contributed by atoms with E-state index in [1.54, 1.807) is 12.1 Å². The van der Waals surface area contributed by atoms with Crippen LogP contribution in [0, 0.1) is 0 Å². The highest BCUT2D eigenvalue weighted by Gasteiger charge is 2.15. The number of nitrogens with zero attached hydrogens (tertiary/aromatic N) is 1. The van der Waals surface area contributed by atoms with Crippen molar-refractivity contribution >= 4 is 5.97 Å². The Hall–Kier alpha value is -1.69. The maximum atomic E-state index is 12.0. The molecule has 0 heterocycles. The minimum absolute atomic E-state index is 0.0699. The van der Waals surface area contributed by atoms with Crippen LogP contribution in [0.5, 0.6) is 5.75 Å². The number of alkyl halides is 2. The van der Waals surface area contributed by atoms with Crippen LogP contribution in [0.3, 0.4) is 0 Å². The molecule has 1 rings (SSSR count). The molecule has 1 atom stereocenters. The highest BCUT2D eigenvalue weighted by Crippen LogP contribution is 2.17. The van der Waals surface area contributed by atoms with Crippen LogP contribution in [0.25, 0.3) is 0 Å². The maximum Gasteiger partial charge on any atom is 0.387 e. The van der Waals surface area contributed by atoms with E-state index in [0.29, 0.717) is 13.1 Å². The van der Waals surface area contributed by atoms with Crippen LogP contribution in [-0.4, -0.2) is 35.2 Å². The lowest BCUT2D eigenvalue weighted by atomic mass is 10.1. The molecule has 1 unspecified atom stereocenters. The van der Waals surface area contributed by atoms with E-state index >= 15 is 0 Å². The molecule has 0 fully saturated rings. The minimum atomic E-state index is -2.83. The van der Waals surface area contributed by atoms with Crippen molar-refractivity contribution in [3.05, 3.63) is 29.8 Å². The van der Waals surface area contributed by atoms with Crippen molar-refractivity contribution in [2.45, 2.75) is 39.5 Å². The summed E-state index contributed by atoms with van der Waals surface area (Å²) in [5.74, 6) is -0.720. The topological polar surface area (TPSA) is 49.8 Å². The zero-order valence-electron chi connectivity index (χ0n) is 11.6. The molecule has 6 heteroatoms. The Morgan fingerprint density at radius 1 is 1.35 bits per heavy atom. The molecule has 0 radical (unpaired) electrons. The molecular weight excluding hydrogens is 268 g/mol. The predicted molar refractivity (Wildman–Crippen MR) is 70.9 cm³/mol. The average Bonchev–Trinajstić information content (AvgIpc) is 2.36. The minimum Gasteiger partial charge on any atom is -0.481 e. The third-order valence-electron chi connectivity index (χ3n) is 3.03. The van der Waals surface area contributed by atoms with Gasteiger partial charge in [0.15, 0.2) is 0 Å². The fourth-order valence-electron chi connectivity index (χ4n) is 1.97. The second kappa shape index (κ2) is 7.79. The number of carboxylic acid groups (broad SMARTS) is 1. The Morgan fingerprint density at radius 2 is 1.95 bits per heavy atom. The molecule has 1 aromatic carbocycles. The summed E-state index contributed by atoms with van der Waals surface area (Å²) in [5, 5.41) is 8.80. The van der Waals surface area contributed by atoms with Gasteiger partial charge >= 0.3 is 12.6 Å². The monoisotopic (exact) mass is 287 g/mol. The first-order valence-electron chi connectivity index (χ1n) is 6.42. The van der Waals surface area contributed by atoms with Gasteiger partial charge in [-0.3, -0.25) is 9.69 Å². The van der Waals surface area contributed by atoms with Gasteiger partial charge in [0.1, 0.15) is 5.75 Å². The fraction of sp³-hybridized carbons (Fsp3) is 0.500. The second-order valence-corrected chi connectivity index (χ2v) is 4.53. The number of hydrogen-bond acceptors (Lipinski definition) is 3. The van der Waals surface area contributed by atoms with E-state index < -0.39 is 12.6 Å². The van der Waals surface area contributed by atoms with Gasteiger partial charge in [0.2, 0.25) is 0 Å². The van der Waals surface area contributed by atoms with Gasteiger partial charge in [-0.15, -0.1) is 0 Å². The number of hydrogen-bond donors (Lipinski definition) is 1. The summed E-state index contributed by atoms with van der Waals surface area (Å²) >= 11 is 0. The van der Waals surface area contributed by atoms with Crippen LogP contribution in [0.1, 0.15) is 25.8 Å². The summed E-state index contributed by atoms with van der Waals surface area (Å²) < 4.78 is 28.3. The molecule has 1 aromatic rings. The van der Waals surface area contributed by atoms with Crippen molar-refractivity contribution in [3.8, 4) is 5.75 Å². The van der Waals surface area contributed by atoms with Crippen LogP contribution in [0.4, 0.5) is 8.78 Å². The number of carbonyl (C=O) groups is 1. The molecule has 20 heavy (non-hydrogen) atoms. The molecule has 0 saturated carbocycles. The van der Waals surface area contributed by atoms with E-state index in [1.807, 2.05) is 18.7 Å². The molecule has 0 bridgehead atoms. The Bertz CT molecular complexity index is 423. The van der Waals surface area contributed by atoms with Gasteiger partial charge in [-0.05, 0) is 31.2 Å². The van der Waals surface area contributed by atoms with E-state index in [2.05, 4.69) is 4.74 Å². The molecule has 0 saturated heterocycles. The van der Waals surface area contributed by atoms with Crippen LogP contribution < -0.4 is 4.74 Å². The van der Waals surface area contributed by atoms with E-state index in [1.165, 1.54) is 12.1 Å². The number of benzene rings is 1. The lowest BCUT2D eigenvalue weighted by Crippen LogP contribution is -2.34. The smallest absolute Gasteiger partial charge is 0.387 e. The molecule has 4 nitrogen and oxygen atoms in total. The third-order valence-corrected chi connectivity index (χ3v) is 3.03. The van der Waals surface area contributed by atoms with Gasteiger partial charge in [-0.25, -0.2) is 0 Å². The molecule has 0 spiro atoms. The molecule has 0 aliphatic rings. The normalized spacial score (nSPS) is 12.7. The Morgan fingerprint density at radius 3 is 2.40 bits per heavy atom. The summed E-state index contributed by atoms with van der Waals surface area (Å²) in [6, 6.07) is 6.28. The van der Waals surface area contributed by atoms with Gasteiger partial charge < -0.3 is 9.84 Å². The molecule has 1 N–H and O–H groups in total. The Kier molecular flexibility index (Phi) is 6.38. The average molecular weight is 287 g/mol. The molecule has 0 amide bonds. The van der Waals surface area contributed by atoms with E-state index in [0.717, 1.165) is 5.56 Å². The van der Waals surface area contributed by atoms with Gasteiger partial charge in [0, 0.05) is 12.6 Å². The summed E-state index contributed by atoms with van der Waals surface area (Å²) in [5.41, 5.74) is 0.922. The number of ether oxygens (including phenoxy) is 1. The summed E-state index contributed by atoms with van der Waals surface area (Å²) in [6.07, 6.45) is 0.0699. The summed E-state index contributed by atoms with van der Waals surface area (Å²) in [6.45, 7) is 2.26. The van der Waals surface area contributed by atoms with Crippen molar-refractivity contribution < 1.29 is 23.4 Å². The number of rotatable bonds is 8. The van der Waals surface area contributed by atoms with E-state index in [4.69, 9.17) is 5.11 Å². The predicted octanol–water partition coefficient (Wildman–Crippen LogP) is 2.97. The molecular formula is C14H19F2NO3. The van der Waals surface area contributed by atoms with E-state index in [-0.39, 0.29) is 18.2 Å². The Labute approximate surface area is 117 Å². The summed E-state index contributed by atoms with van der Waals surface area (Å²) in [4.78, 5) is 12.7. The number of halogens is 2. The molecule has 112 valence electrons. The second-order valence-electron chi connectivity index (χ2n) is 4.53. The maximum absolute atomic E-state index is 12.0. The van der Waals surface area contributed by atoms with Gasteiger partial charge in [0.25, 0.3) is 0 Å². The number of carboxylic acids is 1. The number of aliphatic carboxylic acids is 1. The first-order valence-corrected chi connectivity index (χ1v) is 6.42. The third kappa shape index (κ3) is 5.52. The zero-order valence-corrected chi connectivity index (χ0v) is 11.6. The first-order chi connectivity index (χ1) is 9.42. The van der Waals surface area contributed by atoms with Gasteiger partial charge in [0.05, 0.1) is 6.42 Å². The van der Waals surface area contributed by atoms with Crippen LogP contribution in [0.2, 0.25) is 0 Å². The summed E-state index contributed by atoms with van der Waals surface area (Å²) in [7, 11) is 0. The quantitative estimate of drug-likeness (QED) is 0.798. The largest absolute Gasteiger partial charge is 0.481 e. The fourth-order valence-corrected chi connectivity index (χ4v) is 1.97. The van der Waals surface area contributed by atoms with Crippen molar-refractivity contribution in [1.82, 2.24) is 4.90 Å². The van der Waals surface area contributed by atoms with E-state index in [9.17, 15) is 13.6 Å². The molecule has 0 aliphatic carbocycles. The zero-order chi connectivity index (χ0) is 15.1. The van der Waals surface area contributed by atoms with Crippen molar-refractivity contribution in [3.63, 3.8) is 0 Å². The van der Waals surface area contributed by atoms with Crippen molar-refractivity contribution in [2.24, 2.45) is 0 Å². The van der Waals surface area contributed by atoms with Gasteiger partial charge in [-0.2, -0.15) is 8.78 Å². The molecule has 0 aromatic heterocycles. The standard InChI is InChI=1S/C14H19F2NO3/c1-3-17(10(2)8-13(18)19)9-11-4-6-12(7-5-11)20-14(15)16/h4-7,10,14H,3,8-9H2,1-2H3,(H,18,19). The van der Waals surface area contributed by atoms with Crippen molar-refractivity contribution in [2.75, 3.05) is 6.54 Å². The highest BCUT2D eigenvalue weighted by molar-refractivity contribution is 5.67. The molecule has 0 aliphatic heterocycles. The van der Waals surface area contributed by atoms with Crippen LogP contribution >= 0.6 is 0 Å².